The molecule has 0 aliphatic carbocycles. The van der Waals surface area contributed by atoms with E-state index in [4.69, 9.17) is 28.3 Å². The molecule has 3 nitrogen and oxygen atoms in total. The van der Waals surface area contributed by atoms with Crippen LogP contribution in [0.15, 0.2) is 12.1 Å². The molecule has 1 aromatic heterocycles. The molecule has 0 aliphatic rings. The fraction of sp³-hybridized carbons (Fsp3) is 0. The van der Waals surface area contributed by atoms with Gasteiger partial charge in [0.15, 0.2) is 0 Å². The molecule has 0 unspecified atom stereocenters. The summed E-state index contributed by atoms with van der Waals surface area (Å²) in [6, 6.07) is 2.46. The van der Waals surface area contributed by atoms with Crippen molar-refractivity contribution in [3.63, 3.8) is 0 Å². The third-order valence-electron chi connectivity index (χ3n) is 1.01. The molecule has 0 bridgehead atoms. The van der Waals surface area contributed by atoms with Crippen LogP contribution in [0.5, 0.6) is 0 Å². The van der Waals surface area contributed by atoms with Crippen molar-refractivity contribution in [3.05, 3.63) is 28.0 Å². The van der Waals surface area contributed by atoms with Crippen molar-refractivity contribution < 1.29 is 27.0 Å². The molecule has 12 heavy (non-hydrogen) atoms. The number of hydrogen-bond acceptors (Lipinski definition) is 2. The van der Waals surface area contributed by atoms with Gasteiger partial charge in [-0.3, -0.25) is 0 Å². The minimum atomic E-state index is -1.07. The average molecular weight is 256 g/mol. The van der Waals surface area contributed by atoms with Crippen molar-refractivity contribution in [3.8, 4) is 0 Å². The number of pyridine rings is 1. The minimum absolute atomic E-state index is 0. The number of carboxylic acids is 1. The molecule has 0 atom stereocenters. The van der Waals surface area contributed by atoms with Gasteiger partial charge in [-0.25, -0.2) is 9.78 Å². The number of halogens is 2. The van der Waals surface area contributed by atoms with Crippen molar-refractivity contribution in [2.45, 2.75) is 0 Å². The van der Waals surface area contributed by atoms with Crippen molar-refractivity contribution in [1.29, 1.82) is 0 Å². The first-order chi connectivity index (χ1) is 5.09. The number of aromatic carboxylic acids is 1. The molecule has 0 spiro atoms. The quantitative estimate of drug-likeness (QED) is 0.617. The van der Waals surface area contributed by atoms with Gasteiger partial charge in [0.1, 0.15) is 10.3 Å². The fourth-order valence-electron chi connectivity index (χ4n) is 0.588. The molecular formula is C6H3Cl2CuNO2. The zero-order valence-electron chi connectivity index (χ0n) is 5.51. The molecule has 0 fully saturated rings. The Morgan fingerprint density at radius 2 is 1.75 bits per heavy atom. The van der Waals surface area contributed by atoms with Gasteiger partial charge in [0.05, 0.1) is 5.56 Å². The predicted octanol–water partition coefficient (Wildman–Crippen LogP) is 2.08. The minimum Gasteiger partial charge on any atom is -0.478 e. The summed E-state index contributed by atoms with van der Waals surface area (Å²) in [5.41, 5.74) is 0.0370. The Labute approximate surface area is 89.2 Å². The van der Waals surface area contributed by atoms with E-state index in [0.717, 1.165) is 0 Å². The van der Waals surface area contributed by atoms with E-state index in [1.807, 2.05) is 0 Å². The van der Waals surface area contributed by atoms with E-state index in [1.165, 1.54) is 12.1 Å². The first-order valence-electron chi connectivity index (χ1n) is 2.66. The number of rotatable bonds is 1. The van der Waals surface area contributed by atoms with E-state index in [-0.39, 0.29) is 32.9 Å². The van der Waals surface area contributed by atoms with Crippen LogP contribution in [0.2, 0.25) is 10.3 Å². The molecule has 0 amide bonds. The van der Waals surface area contributed by atoms with Gasteiger partial charge >= 0.3 is 5.97 Å². The third-order valence-corrected chi connectivity index (χ3v) is 1.40. The average Bonchev–Trinajstić information content (AvgIpc) is 1.85. The van der Waals surface area contributed by atoms with Gasteiger partial charge in [0.2, 0.25) is 0 Å². The number of aromatic nitrogens is 1. The van der Waals surface area contributed by atoms with Crippen LogP contribution in [0.3, 0.4) is 0 Å². The molecule has 0 saturated carbocycles. The first-order valence-corrected chi connectivity index (χ1v) is 3.41. The van der Waals surface area contributed by atoms with Crippen LogP contribution in [0.1, 0.15) is 10.4 Å². The summed E-state index contributed by atoms with van der Waals surface area (Å²) in [6.07, 6.45) is 0. The molecule has 1 aromatic rings. The van der Waals surface area contributed by atoms with Gasteiger partial charge in [-0.15, -0.1) is 0 Å². The molecule has 1 radical (unpaired) electrons. The van der Waals surface area contributed by atoms with Crippen LogP contribution >= 0.6 is 23.2 Å². The Kier molecular flexibility index (Phi) is 4.56. The molecule has 69 valence electrons. The van der Waals surface area contributed by atoms with Gasteiger partial charge in [-0.05, 0) is 12.1 Å². The van der Waals surface area contributed by atoms with E-state index < -0.39 is 5.97 Å². The topological polar surface area (TPSA) is 50.2 Å². The van der Waals surface area contributed by atoms with Crippen LogP contribution in [0, 0.1) is 0 Å². The Morgan fingerprint density at radius 1 is 1.33 bits per heavy atom. The second-order valence-electron chi connectivity index (χ2n) is 1.81. The monoisotopic (exact) mass is 254 g/mol. The summed E-state index contributed by atoms with van der Waals surface area (Å²) in [5.74, 6) is -1.07. The molecule has 1 rings (SSSR count). The molecular weight excluding hydrogens is 253 g/mol. The van der Waals surface area contributed by atoms with Gasteiger partial charge < -0.3 is 5.11 Å². The number of carbonyl (C=O) groups is 1. The number of nitrogens with zero attached hydrogens (tertiary/aromatic N) is 1. The summed E-state index contributed by atoms with van der Waals surface area (Å²) in [4.78, 5) is 13.9. The van der Waals surface area contributed by atoms with Crippen LogP contribution in [0.4, 0.5) is 0 Å². The van der Waals surface area contributed by atoms with Crippen molar-refractivity contribution in [1.82, 2.24) is 4.98 Å². The largest absolute Gasteiger partial charge is 0.478 e. The van der Waals surface area contributed by atoms with Crippen LogP contribution in [-0.4, -0.2) is 16.1 Å². The Hall–Kier alpha value is -0.281. The fourth-order valence-corrected chi connectivity index (χ4v) is 1.05. The first kappa shape index (κ1) is 11.7. The molecule has 0 aliphatic heterocycles. The number of hydrogen-bond donors (Lipinski definition) is 1. The summed E-state index contributed by atoms with van der Waals surface area (Å²) < 4.78 is 0. The summed E-state index contributed by atoms with van der Waals surface area (Å²) in [5, 5.41) is 8.65. The van der Waals surface area contributed by atoms with Gasteiger partial charge in [0, 0.05) is 17.1 Å². The van der Waals surface area contributed by atoms with Gasteiger partial charge in [-0.1, -0.05) is 23.2 Å². The summed E-state index contributed by atoms with van der Waals surface area (Å²) in [6.45, 7) is 0. The Balaban J connectivity index is 0.00000121. The molecule has 0 saturated heterocycles. The van der Waals surface area contributed by atoms with Crippen molar-refractivity contribution in [2.75, 3.05) is 0 Å². The van der Waals surface area contributed by atoms with Crippen LogP contribution in [-0.2, 0) is 17.1 Å². The standard InChI is InChI=1S/C6H3Cl2NO2.Cu/c7-4-1-3(6(10)11)2-5(8)9-4;/h1-2H,(H,10,11);. The molecule has 0 aromatic carbocycles. The van der Waals surface area contributed by atoms with E-state index in [9.17, 15) is 4.79 Å². The maximum absolute atomic E-state index is 10.4. The van der Waals surface area contributed by atoms with E-state index >= 15 is 0 Å². The summed E-state index contributed by atoms with van der Waals surface area (Å²) in [7, 11) is 0. The maximum Gasteiger partial charge on any atom is 0.335 e. The smallest absolute Gasteiger partial charge is 0.335 e. The Morgan fingerprint density at radius 3 is 2.08 bits per heavy atom. The second kappa shape index (κ2) is 4.67. The maximum atomic E-state index is 10.4. The SMILES string of the molecule is O=C(O)c1cc(Cl)nc(Cl)c1.[Cu]. The Bertz CT molecular complexity index is 285. The van der Waals surface area contributed by atoms with E-state index in [2.05, 4.69) is 4.98 Å². The van der Waals surface area contributed by atoms with E-state index in [0.29, 0.717) is 0 Å². The zero-order chi connectivity index (χ0) is 8.43. The number of carboxylic acid groups (broad SMARTS) is 1. The van der Waals surface area contributed by atoms with E-state index in [1.54, 1.807) is 0 Å². The third kappa shape index (κ3) is 2.99. The van der Waals surface area contributed by atoms with Crippen molar-refractivity contribution in [2.24, 2.45) is 0 Å². The molecule has 6 heteroatoms. The van der Waals surface area contributed by atoms with Gasteiger partial charge in [0.25, 0.3) is 0 Å². The molecule has 1 N–H and O–H groups in total. The van der Waals surface area contributed by atoms with Crippen LogP contribution < -0.4 is 0 Å². The predicted molar refractivity (Wildman–Crippen MR) is 41.2 cm³/mol. The van der Waals surface area contributed by atoms with Gasteiger partial charge in [-0.2, -0.15) is 0 Å². The van der Waals surface area contributed by atoms with Crippen LogP contribution in [0.25, 0.3) is 0 Å². The second-order valence-corrected chi connectivity index (χ2v) is 2.58. The molecule has 1 heterocycles. The summed E-state index contributed by atoms with van der Waals surface area (Å²) >= 11 is 10.9. The zero-order valence-corrected chi connectivity index (χ0v) is 7.97. The normalized spacial score (nSPS) is 8.83. The van der Waals surface area contributed by atoms with Crippen molar-refractivity contribution >= 4 is 29.2 Å².